The standard InChI is InChI=1S/C18H25N3O2/c22-15(11-13-5-4-7-19-12-13)20-16-14-6-10-23-18(14)17(16)21-8-2-1-3-9-21/h4-5,7,12,14,16-18H,1-3,6,8-11H2,(H,20,22)/t14-,16+,17-,18-/m1/s1. The lowest BCUT2D eigenvalue weighted by Crippen LogP contribution is -2.71. The molecule has 3 heterocycles. The molecular formula is C18H25N3O2. The Labute approximate surface area is 137 Å². The van der Waals surface area contributed by atoms with Crippen molar-refractivity contribution in [1.29, 1.82) is 0 Å². The van der Waals surface area contributed by atoms with Crippen LogP contribution in [0.3, 0.4) is 0 Å². The first-order valence-electron chi connectivity index (χ1n) is 8.87. The summed E-state index contributed by atoms with van der Waals surface area (Å²) < 4.78 is 5.94. The van der Waals surface area contributed by atoms with Gasteiger partial charge in [0, 0.05) is 24.9 Å². The zero-order valence-corrected chi connectivity index (χ0v) is 13.5. The van der Waals surface area contributed by atoms with Crippen LogP contribution in [0.15, 0.2) is 24.5 Å². The van der Waals surface area contributed by atoms with E-state index in [1.165, 1.54) is 19.3 Å². The third-order valence-corrected chi connectivity index (χ3v) is 5.58. The molecule has 4 atom stereocenters. The van der Waals surface area contributed by atoms with Crippen molar-refractivity contribution >= 4 is 5.91 Å². The minimum absolute atomic E-state index is 0.107. The van der Waals surface area contributed by atoms with E-state index < -0.39 is 0 Å². The SMILES string of the molecule is O=C(Cc1cccnc1)N[C@H]1[C@H]2CCO[C@H]2[C@@H]1N1CCCCC1. The van der Waals surface area contributed by atoms with Crippen LogP contribution in [0.1, 0.15) is 31.2 Å². The number of piperidine rings is 1. The zero-order chi connectivity index (χ0) is 15.6. The zero-order valence-electron chi connectivity index (χ0n) is 13.5. The van der Waals surface area contributed by atoms with Crippen LogP contribution in [0.4, 0.5) is 0 Å². The van der Waals surface area contributed by atoms with E-state index in [0.717, 1.165) is 31.7 Å². The predicted molar refractivity (Wildman–Crippen MR) is 86.9 cm³/mol. The minimum atomic E-state index is 0.107. The first-order valence-corrected chi connectivity index (χ1v) is 8.87. The van der Waals surface area contributed by atoms with Crippen LogP contribution in [0.5, 0.6) is 0 Å². The molecule has 3 fully saturated rings. The Morgan fingerprint density at radius 3 is 3.00 bits per heavy atom. The molecule has 124 valence electrons. The molecule has 1 aliphatic carbocycles. The summed E-state index contributed by atoms with van der Waals surface area (Å²) in [7, 11) is 0. The molecule has 0 aromatic carbocycles. The van der Waals surface area contributed by atoms with Crippen LogP contribution in [0.25, 0.3) is 0 Å². The number of fused-ring (bicyclic) bond motifs is 1. The number of aromatic nitrogens is 1. The van der Waals surface area contributed by atoms with Crippen LogP contribution >= 0.6 is 0 Å². The summed E-state index contributed by atoms with van der Waals surface area (Å²) in [4.78, 5) is 19.1. The summed E-state index contributed by atoms with van der Waals surface area (Å²) >= 11 is 0. The van der Waals surface area contributed by atoms with Gasteiger partial charge in [0.1, 0.15) is 0 Å². The van der Waals surface area contributed by atoms with E-state index in [9.17, 15) is 4.79 Å². The summed E-state index contributed by atoms with van der Waals surface area (Å²) in [5, 5.41) is 3.30. The van der Waals surface area contributed by atoms with Gasteiger partial charge in [-0.25, -0.2) is 0 Å². The number of carbonyl (C=O) groups excluding carboxylic acids is 1. The van der Waals surface area contributed by atoms with Crippen molar-refractivity contribution in [3.8, 4) is 0 Å². The fourth-order valence-corrected chi connectivity index (χ4v) is 4.44. The van der Waals surface area contributed by atoms with Gasteiger partial charge in [0.15, 0.2) is 0 Å². The van der Waals surface area contributed by atoms with E-state index in [0.29, 0.717) is 24.5 Å². The number of nitrogens with one attached hydrogen (secondary N) is 1. The summed E-state index contributed by atoms with van der Waals surface area (Å²) in [6, 6.07) is 4.46. The number of rotatable bonds is 4. The van der Waals surface area contributed by atoms with Gasteiger partial charge < -0.3 is 10.1 Å². The number of nitrogens with zero attached hydrogens (tertiary/aromatic N) is 2. The van der Waals surface area contributed by atoms with E-state index in [2.05, 4.69) is 15.2 Å². The summed E-state index contributed by atoms with van der Waals surface area (Å²) in [5.74, 6) is 0.607. The number of likely N-dealkylation sites (tertiary alicyclic amines) is 1. The molecule has 0 radical (unpaired) electrons. The van der Waals surface area contributed by atoms with E-state index in [4.69, 9.17) is 4.74 Å². The molecule has 0 unspecified atom stereocenters. The van der Waals surface area contributed by atoms with E-state index in [1.807, 2.05) is 12.1 Å². The molecule has 1 aromatic rings. The molecule has 1 saturated carbocycles. The van der Waals surface area contributed by atoms with Crippen molar-refractivity contribution in [2.45, 2.75) is 50.3 Å². The van der Waals surface area contributed by atoms with Gasteiger partial charge in [-0.1, -0.05) is 12.5 Å². The topological polar surface area (TPSA) is 54.5 Å². The highest BCUT2D eigenvalue weighted by molar-refractivity contribution is 5.79. The molecule has 5 heteroatoms. The monoisotopic (exact) mass is 315 g/mol. The van der Waals surface area contributed by atoms with E-state index in [1.54, 1.807) is 12.4 Å². The molecule has 1 amide bonds. The number of carbonyl (C=O) groups is 1. The van der Waals surface area contributed by atoms with Crippen LogP contribution in [-0.2, 0) is 16.0 Å². The number of hydrogen-bond acceptors (Lipinski definition) is 4. The van der Waals surface area contributed by atoms with Gasteiger partial charge in [-0.15, -0.1) is 0 Å². The van der Waals surface area contributed by atoms with Crippen LogP contribution < -0.4 is 5.32 Å². The maximum atomic E-state index is 12.4. The lowest BCUT2D eigenvalue weighted by molar-refractivity contribution is -0.129. The second kappa shape index (κ2) is 6.57. The Bertz CT molecular complexity index is 544. The quantitative estimate of drug-likeness (QED) is 0.912. The Kier molecular flexibility index (Phi) is 4.31. The molecule has 0 spiro atoms. The molecule has 1 aromatic heterocycles. The van der Waals surface area contributed by atoms with Crippen molar-refractivity contribution in [2.24, 2.45) is 5.92 Å². The molecule has 23 heavy (non-hydrogen) atoms. The van der Waals surface area contributed by atoms with Crippen molar-refractivity contribution < 1.29 is 9.53 Å². The largest absolute Gasteiger partial charge is 0.376 e. The Morgan fingerprint density at radius 2 is 2.22 bits per heavy atom. The Hall–Kier alpha value is -1.46. The lowest BCUT2D eigenvalue weighted by atomic mass is 9.70. The first-order chi connectivity index (χ1) is 11.3. The molecule has 3 aliphatic rings. The first kappa shape index (κ1) is 15.1. The van der Waals surface area contributed by atoms with Crippen molar-refractivity contribution in [2.75, 3.05) is 19.7 Å². The van der Waals surface area contributed by atoms with Crippen molar-refractivity contribution in [1.82, 2.24) is 15.2 Å². The van der Waals surface area contributed by atoms with Gasteiger partial charge >= 0.3 is 0 Å². The highest BCUT2D eigenvalue weighted by Crippen LogP contribution is 2.42. The van der Waals surface area contributed by atoms with Crippen LogP contribution in [-0.4, -0.2) is 53.7 Å². The van der Waals surface area contributed by atoms with E-state index in [-0.39, 0.29) is 11.9 Å². The fourth-order valence-electron chi connectivity index (χ4n) is 4.44. The molecule has 1 N–H and O–H groups in total. The number of pyridine rings is 1. The fraction of sp³-hybridized carbons (Fsp3) is 0.667. The van der Waals surface area contributed by atoms with E-state index >= 15 is 0 Å². The molecular weight excluding hydrogens is 290 g/mol. The third kappa shape index (κ3) is 3.00. The molecule has 5 nitrogen and oxygen atoms in total. The average molecular weight is 315 g/mol. The molecule has 4 rings (SSSR count). The van der Waals surface area contributed by atoms with Crippen LogP contribution in [0.2, 0.25) is 0 Å². The highest BCUT2D eigenvalue weighted by atomic mass is 16.5. The maximum absolute atomic E-state index is 12.4. The van der Waals surface area contributed by atoms with Gasteiger partial charge in [0.2, 0.25) is 5.91 Å². The molecule has 2 saturated heterocycles. The number of ether oxygens (including phenoxy) is 1. The normalized spacial score (nSPS) is 33.7. The van der Waals surface area contributed by atoms with Gasteiger partial charge in [-0.2, -0.15) is 0 Å². The predicted octanol–water partition coefficient (Wildman–Crippen LogP) is 1.38. The van der Waals surface area contributed by atoms with Gasteiger partial charge in [0.25, 0.3) is 0 Å². The average Bonchev–Trinajstić information content (AvgIpc) is 2.98. The molecule has 2 aliphatic heterocycles. The summed E-state index contributed by atoms with van der Waals surface area (Å²) in [6.07, 6.45) is 9.19. The lowest BCUT2D eigenvalue weighted by Gasteiger charge is -2.53. The van der Waals surface area contributed by atoms with Crippen molar-refractivity contribution in [3.05, 3.63) is 30.1 Å². The van der Waals surface area contributed by atoms with Crippen LogP contribution in [0, 0.1) is 5.92 Å². The second-order valence-corrected chi connectivity index (χ2v) is 7.01. The van der Waals surface area contributed by atoms with Gasteiger partial charge in [-0.3, -0.25) is 14.7 Å². The van der Waals surface area contributed by atoms with Gasteiger partial charge in [0.05, 0.1) is 24.6 Å². The van der Waals surface area contributed by atoms with Gasteiger partial charge in [-0.05, 0) is 44.0 Å². The van der Waals surface area contributed by atoms with Crippen molar-refractivity contribution in [3.63, 3.8) is 0 Å². The third-order valence-electron chi connectivity index (χ3n) is 5.58. The smallest absolute Gasteiger partial charge is 0.224 e. The molecule has 0 bridgehead atoms. The summed E-state index contributed by atoms with van der Waals surface area (Å²) in [5.41, 5.74) is 0.970. The maximum Gasteiger partial charge on any atom is 0.224 e. The Balaban J connectivity index is 1.40. The number of amides is 1. The highest BCUT2D eigenvalue weighted by Gasteiger charge is 2.56. The summed E-state index contributed by atoms with van der Waals surface area (Å²) in [6.45, 7) is 3.13. The second-order valence-electron chi connectivity index (χ2n) is 7.01. The number of hydrogen-bond donors (Lipinski definition) is 1. The minimum Gasteiger partial charge on any atom is -0.376 e. The Morgan fingerprint density at radius 1 is 1.35 bits per heavy atom.